The molecule has 4 aromatic carbocycles. The molecule has 5 aromatic rings. The number of rotatable bonds is 9. The monoisotopic (exact) mass is 852 g/mol. The van der Waals surface area contributed by atoms with Crippen LogP contribution in [0.15, 0.2) is 109 Å². The highest BCUT2D eigenvalue weighted by Gasteiger charge is 2.28. The first-order valence-corrected chi connectivity index (χ1v) is 19.0. The van der Waals surface area contributed by atoms with Gasteiger partial charge in [-0.25, -0.2) is 4.79 Å². The molecule has 1 amide bonds. The molecule has 5 N–H and O–H groups in total. The lowest BCUT2D eigenvalue weighted by molar-refractivity contribution is -0.118. The predicted molar refractivity (Wildman–Crippen MR) is 215 cm³/mol. The Morgan fingerprint density at radius 1 is 0.889 bits per heavy atom. The van der Waals surface area contributed by atoms with Crippen molar-refractivity contribution in [2.75, 3.05) is 31.5 Å². The molecule has 1 saturated heterocycles. The third-order valence-corrected chi connectivity index (χ3v) is 11.0. The van der Waals surface area contributed by atoms with Gasteiger partial charge in [0.15, 0.2) is 5.43 Å². The third-order valence-electron chi connectivity index (χ3n) is 10.0. The summed E-state index contributed by atoms with van der Waals surface area (Å²) in [7, 11) is 0. The van der Waals surface area contributed by atoms with Gasteiger partial charge in [0.25, 0.3) is 0 Å². The van der Waals surface area contributed by atoms with Crippen molar-refractivity contribution < 1.29 is 29.3 Å². The number of phenols is 1. The van der Waals surface area contributed by atoms with Gasteiger partial charge in [0.1, 0.15) is 17.1 Å². The number of piperazine rings is 1. The van der Waals surface area contributed by atoms with Gasteiger partial charge in [0, 0.05) is 97.3 Å². The van der Waals surface area contributed by atoms with Crippen LogP contribution < -0.4 is 16.1 Å². The zero-order chi connectivity index (χ0) is 37.7. The maximum Gasteiger partial charge on any atom is 0.336 e. The number of fused-ring (bicyclic) bond motifs is 5. The first-order chi connectivity index (χ1) is 26.0. The molecule has 3 aliphatic rings. The van der Waals surface area contributed by atoms with Crippen molar-refractivity contribution in [1.82, 2.24) is 14.8 Å². The van der Waals surface area contributed by atoms with Gasteiger partial charge in [0.05, 0.1) is 18.2 Å². The number of nitrogens with zero attached hydrogens (tertiary/aromatic N) is 2. The van der Waals surface area contributed by atoms with Crippen molar-refractivity contribution in [2.24, 2.45) is 0 Å². The molecular formula is C41H34Br2N4O7. The standard InChI is InChI=1S/C41H34Br2N4O7/c42-22-1-9-35-32(13-22)33-14-23(43)2-10-36(33)47(35)20-28(50)16-25-19-44-11-12-46(25)21-39(51)45-24-3-6-29(41(52)53)34(15-24)40-30-7-4-26(48)17-37(30)54-38-18-27(49)5-8-31(38)40/h1-10,13-15,17-18,25,28,44,48,50H,11-12,16,19-21H2,(H,45,51)(H,52,53). The Hall–Kier alpha value is -5.05. The fraction of sp³-hybridized carbons (Fsp3) is 0.195. The van der Waals surface area contributed by atoms with Crippen LogP contribution in [0.5, 0.6) is 5.75 Å². The number of carbonyl (C=O) groups is 2. The Morgan fingerprint density at radius 3 is 2.35 bits per heavy atom. The molecule has 0 radical (unpaired) electrons. The lowest BCUT2D eigenvalue weighted by Crippen LogP contribution is -2.54. The maximum atomic E-state index is 13.6. The summed E-state index contributed by atoms with van der Waals surface area (Å²) in [5, 5.41) is 40.9. The number of benzene rings is 5. The van der Waals surface area contributed by atoms with E-state index in [0.29, 0.717) is 60.4 Å². The van der Waals surface area contributed by atoms with Crippen LogP contribution in [0.25, 0.3) is 55.2 Å². The fourth-order valence-corrected chi connectivity index (χ4v) is 8.36. The van der Waals surface area contributed by atoms with Crippen LogP contribution in [0.4, 0.5) is 5.69 Å². The number of amides is 1. The molecule has 0 spiro atoms. The molecule has 8 rings (SSSR count). The van der Waals surface area contributed by atoms with Gasteiger partial charge in [-0.15, -0.1) is 0 Å². The Kier molecular flexibility index (Phi) is 9.75. The van der Waals surface area contributed by atoms with E-state index in [0.717, 1.165) is 30.8 Å². The molecule has 2 atom stereocenters. The molecule has 2 aliphatic heterocycles. The van der Waals surface area contributed by atoms with Crippen LogP contribution in [0, 0.1) is 0 Å². The van der Waals surface area contributed by atoms with Crippen LogP contribution >= 0.6 is 31.9 Å². The number of carboxylic acid groups (broad SMARTS) is 1. The lowest BCUT2D eigenvalue weighted by Gasteiger charge is -2.36. The Bertz CT molecular complexity index is 2580. The first kappa shape index (κ1) is 36.0. The van der Waals surface area contributed by atoms with Crippen LogP contribution in [0.3, 0.4) is 0 Å². The van der Waals surface area contributed by atoms with E-state index in [4.69, 9.17) is 4.42 Å². The highest BCUT2D eigenvalue weighted by atomic mass is 79.9. The van der Waals surface area contributed by atoms with Crippen molar-refractivity contribution in [3.8, 4) is 28.2 Å². The Balaban J connectivity index is 1.04. The van der Waals surface area contributed by atoms with E-state index in [2.05, 4.69) is 76.2 Å². The third kappa shape index (κ3) is 7.01. The average molecular weight is 855 g/mol. The zero-order valence-corrected chi connectivity index (χ0v) is 31.9. The number of hydrogen-bond donors (Lipinski definition) is 5. The van der Waals surface area contributed by atoms with Gasteiger partial charge >= 0.3 is 5.97 Å². The summed E-state index contributed by atoms with van der Waals surface area (Å²) in [6.07, 6.45) is -0.259. The molecule has 0 saturated carbocycles. The summed E-state index contributed by atoms with van der Waals surface area (Å²) in [5.74, 6) is -1.29. The van der Waals surface area contributed by atoms with Gasteiger partial charge in [-0.3, -0.25) is 14.5 Å². The molecular weight excluding hydrogens is 820 g/mol. The number of halogens is 2. The van der Waals surface area contributed by atoms with E-state index in [1.807, 2.05) is 12.1 Å². The maximum absolute atomic E-state index is 13.6. The second kappa shape index (κ2) is 14.6. The number of aromatic nitrogens is 1. The van der Waals surface area contributed by atoms with Gasteiger partial charge in [-0.05, 0) is 90.8 Å². The normalized spacial score (nSPS) is 15.6. The zero-order valence-electron chi connectivity index (χ0n) is 28.7. The number of anilines is 1. The van der Waals surface area contributed by atoms with Gasteiger partial charge < -0.3 is 34.9 Å². The quantitative estimate of drug-likeness (QED) is 0.0944. The average Bonchev–Trinajstić information content (AvgIpc) is 3.42. The van der Waals surface area contributed by atoms with Gasteiger partial charge in [-0.2, -0.15) is 0 Å². The van der Waals surface area contributed by atoms with Crippen LogP contribution in [0.1, 0.15) is 16.8 Å². The molecule has 1 fully saturated rings. The van der Waals surface area contributed by atoms with Crippen LogP contribution in [-0.4, -0.2) is 75.0 Å². The first-order valence-electron chi connectivity index (χ1n) is 17.4. The van der Waals surface area contributed by atoms with Crippen molar-refractivity contribution in [3.63, 3.8) is 0 Å². The van der Waals surface area contributed by atoms with Crippen molar-refractivity contribution in [3.05, 3.63) is 116 Å². The molecule has 13 heteroatoms. The smallest absolute Gasteiger partial charge is 0.336 e. The summed E-state index contributed by atoms with van der Waals surface area (Å²) in [5.41, 5.74) is 3.69. The number of hydrogen-bond acceptors (Lipinski definition) is 8. The molecule has 54 heavy (non-hydrogen) atoms. The van der Waals surface area contributed by atoms with E-state index >= 15 is 0 Å². The van der Waals surface area contributed by atoms with Crippen LogP contribution in [0.2, 0.25) is 0 Å². The summed E-state index contributed by atoms with van der Waals surface area (Å²) in [6, 6.07) is 25.5. The number of nitrogens with one attached hydrogen (secondary N) is 2. The molecule has 3 heterocycles. The minimum atomic E-state index is -1.17. The molecule has 11 nitrogen and oxygen atoms in total. The topological polar surface area (TPSA) is 157 Å². The number of aromatic hydroxyl groups is 1. The number of carboxylic acids is 1. The predicted octanol–water partition coefficient (Wildman–Crippen LogP) is 7.27. The van der Waals surface area contributed by atoms with Crippen LogP contribution in [-0.2, 0) is 11.3 Å². The number of aliphatic hydroxyl groups excluding tert-OH is 1. The van der Waals surface area contributed by atoms with Crippen molar-refractivity contribution >= 4 is 82.2 Å². The molecule has 0 bridgehead atoms. The lowest BCUT2D eigenvalue weighted by atomic mass is 9.90. The summed E-state index contributed by atoms with van der Waals surface area (Å²) >= 11 is 7.19. The number of aliphatic hydroxyl groups is 1. The summed E-state index contributed by atoms with van der Waals surface area (Å²) < 4.78 is 10.1. The number of carbonyl (C=O) groups excluding carboxylic acids is 1. The van der Waals surface area contributed by atoms with Gasteiger partial charge in [0.2, 0.25) is 5.91 Å². The second-order valence-electron chi connectivity index (χ2n) is 13.6. The molecule has 1 aliphatic carbocycles. The number of phenolic OH excluding ortho intramolecular Hbond substituents is 1. The minimum Gasteiger partial charge on any atom is -0.508 e. The highest BCUT2D eigenvalue weighted by molar-refractivity contribution is 9.10. The molecule has 2 unspecified atom stereocenters. The van der Waals surface area contributed by atoms with Gasteiger partial charge in [-0.1, -0.05) is 31.9 Å². The fourth-order valence-electron chi connectivity index (χ4n) is 7.64. The minimum absolute atomic E-state index is 0.0132. The Labute approximate surface area is 325 Å². The largest absolute Gasteiger partial charge is 0.508 e. The SMILES string of the molecule is O=C(CN1CCNCC1CC(O)Cn1c2ccc(Br)cc2c2cc(Br)ccc21)Nc1ccc(C(=O)O)c(-c2c3ccc(=O)cc-3oc3cc(O)ccc23)c1. The van der Waals surface area contributed by atoms with E-state index in [1.54, 1.807) is 24.3 Å². The van der Waals surface area contributed by atoms with E-state index in [9.17, 15) is 29.7 Å². The van der Waals surface area contributed by atoms with E-state index in [1.165, 1.54) is 30.3 Å². The van der Waals surface area contributed by atoms with E-state index in [-0.39, 0.29) is 46.6 Å². The van der Waals surface area contributed by atoms with E-state index < -0.39 is 12.1 Å². The number of aromatic carboxylic acids is 1. The second-order valence-corrected chi connectivity index (χ2v) is 15.4. The molecule has 1 aromatic heterocycles. The Morgan fingerprint density at radius 2 is 1.63 bits per heavy atom. The summed E-state index contributed by atoms with van der Waals surface area (Å²) in [6.45, 7) is 2.34. The summed E-state index contributed by atoms with van der Waals surface area (Å²) in [4.78, 5) is 40.5. The highest BCUT2D eigenvalue weighted by Crippen LogP contribution is 2.43. The van der Waals surface area contributed by atoms with Crippen molar-refractivity contribution in [2.45, 2.75) is 25.1 Å². The molecule has 274 valence electrons. The van der Waals surface area contributed by atoms with Crippen molar-refractivity contribution in [1.29, 1.82) is 0 Å².